The molecule has 3 aromatic rings. The van der Waals surface area contributed by atoms with Gasteiger partial charge in [0, 0.05) is 5.56 Å². The maximum Gasteiger partial charge on any atom is 0.222 e. The Hall–Kier alpha value is -2.82. The molecule has 5 nitrogen and oxygen atoms in total. The zero-order valence-electron chi connectivity index (χ0n) is 12.6. The van der Waals surface area contributed by atoms with Crippen LogP contribution in [-0.2, 0) is 0 Å². The van der Waals surface area contributed by atoms with Crippen LogP contribution >= 0.6 is 0 Å². The number of anilines is 1. The van der Waals surface area contributed by atoms with Gasteiger partial charge >= 0.3 is 0 Å². The van der Waals surface area contributed by atoms with Crippen LogP contribution in [0.5, 0.6) is 5.75 Å². The average molecular weight is 294 g/mol. The fraction of sp³-hybridized carbons (Fsp3) is 0.176. The fourth-order valence-electron chi connectivity index (χ4n) is 2.21. The zero-order chi connectivity index (χ0) is 15.4. The van der Waals surface area contributed by atoms with E-state index < -0.39 is 0 Å². The lowest BCUT2D eigenvalue weighted by atomic mass is 10.2. The predicted octanol–water partition coefficient (Wildman–Crippen LogP) is 3.72. The lowest BCUT2D eigenvalue weighted by Gasteiger charge is -2.05. The summed E-state index contributed by atoms with van der Waals surface area (Å²) in [5.74, 6) is 1.43. The van der Waals surface area contributed by atoms with Crippen LogP contribution in [0.25, 0.3) is 11.0 Å². The first kappa shape index (κ1) is 14.1. The Kier molecular flexibility index (Phi) is 4.05. The number of para-hydroxylation sites is 1. The molecule has 0 spiro atoms. The zero-order valence-corrected chi connectivity index (χ0v) is 12.6. The summed E-state index contributed by atoms with van der Waals surface area (Å²) in [4.78, 5) is 7.63. The number of aromatic nitrogens is 2. The Labute approximate surface area is 129 Å². The summed E-state index contributed by atoms with van der Waals surface area (Å²) in [5, 5.41) is 4.22. The van der Waals surface area contributed by atoms with E-state index in [0.29, 0.717) is 12.6 Å². The first-order chi connectivity index (χ1) is 10.8. The molecule has 0 unspecified atom stereocenters. The third-order valence-electron chi connectivity index (χ3n) is 3.23. The SMILES string of the molecule is CCOc1ccccc1/C=N\Nc1nc2ccc(C)cc2[nH]1. The van der Waals surface area contributed by atoms with Crippen molar-refractivity contribution in [2.45, 2.75) is 13.8 Å². The molecule has 0 aliphatic carbocycles. The van der Waals surface area contributed by atoms with Gasteiger partial charge in [-0.15, -0.1) is 0 Å². The first-order valence-electron chi connectivity index (χ1n) is 7.23. The third kappa shape index (κ3) is 3.09. The van der Waals surface area contributed by atoms with Gasteiger partial charge in [-0.2, -0.15) is 5.10 Å². The van der Waals surface area contributed by atoms with Gasteiger partial charge in [-0.1, -0.05) is 18.2 Å². The van der Waals surface area contributed by atoms with Gasteiger partial charge in [0.05, 0.1) is 23.9 Å². The molecule has 1 heterocycles. The number of hydrazone groups is 1. The van der Waals surface area contributed by atoms with E-state index in [4.69, 9.17) is 4.74 Å². The summed E-state index contributed by atoms with van der Waals surface area (Å²) in [7, 11) is 0. The Balaban J connectivity index is 1.76. The smallest absolute Gasteiger partial charge is 0.222 e. The number of aryl methyl sites for hydroxylation is 1. The van der Waals surface area contributed by atoms with E-state index in [-0.39, 0.29) is 0 Å². The van der Waals surface area contributed by atoms with E-state index in [1.807, 2.05) is 43.3 Å². The molecule has 0 aliphatic rings. The van der Waals surface area contributed by atoms with Gasteiger partial charge < -0.3 is 9.72 Å². The second kappa shape index (κ2) is 6.30. The number of benzene rings is 2. The van der Waals surface area contributed by atoms with Crippen LogP contribution in [0.4, 0.5) is 5.95 Å². The Morgan fingerprint density at radius 2 is 2.14 bits per heavy atom. The van der Waals surface area contributed by atoms with Crippen LogP contribution in [0, 0.1) is 6.92 Å². The topological polar surface area (TPSA) is 62.3 Å². The Morgan fingerprint density at radius 3 is 3.00 bits per heavy atom. The van der Waals surface area contributed by atoms with Crippen molar-refractivity contribution in [3.63, 3.8) is 0 Å². The molecule has 0 fully saturated rings. The second-order valence-electron chi connectivity index (χ2n) is 4.95. The Bertz CT molecular complexity index is 807. The molecular weight excluding hydrogens is 276 g/mol. The van der Waals surface area contributed by atoms with Crippen LogP contribution in [-0.4, -0.2) is 22.8 Å². The largest absolute Gasteiger partial charge is 0.493 e. The molecule has 2 N–H and O–H groups in total. The number of imidazole rings is 1. The van der Waals surface area contributed by atoms with Crippen molar-refractivity contribution < 1.29 is 4.74 Å². The molecule has 112 valence electrons. The van der Waals surface area contributed by atoms with Gasteiger partial charge in [-0.3, -0.25) is 0 Å². The summed E-state index contributed by atoms with van der Waals surface area (Å²) >= 11 is 0. The lowest BCUT2D eigenvalue weighted by molar-refractivity contribution is 0.340. The average Bonchev–Trinajstić information content (AvgIpc) is 2.91. The van der Waals surface area contributed by atoms with Crippen LogP contribution in [0.15, 0.2) is 47.6 Å². The molecule has 3 rings (SSSR count). The highest BCUT2D eigenvalue weighted by molar-refractivity contribution is 5.84. The van der Waals surface area contributed by atoms with Gasteiger partial charge in [0.1, 0.15) is 5.75 Å². The van der Waals surface area contributed by atoms with Crippen molar-refractivity contribution in [3.8, 4) is 5.75 Å². The van der Waals surface area contributed by atoms with Gasteiger partial charge in [0.2, 0.25) is 5.95 Å². The number of H-pyrrole nitrogens is 1. The highest BCUT2D eigenvalue weighted by Gasteiger charge is 2.02. The van der Waals surface area contributed by atoms with Gasteiger partial charge in [0.15, 0.2) is 0 Å². The highest BCUT2D eigenvalue weighted by Crippen LogP contribution is 2.17. The summed E-state index contributed by atoms with van der Waals surface area (Å²) in [6.07, 6.45) is 1.73. The minimum Gasteiger partial charge on any atom is -0.493 e. The van der Waals surface area contributed by atoms with E-state index in [9.17, 15) is 0 Å². The summed E-state index contributed by atoms with van der Waals surface area (Å²) in [6, 6.07) is 13.9. The number of ether oxygens (including phenoxy) is 1. The second-order valence-corrected chi connectivity index (χ2v) is 4.95. The molecule has 2 aromatic carbocycles. The van der Waals surface area contributed by atoms with Gasteiger partial charge in [0.25, 0.3) is 0 Å². The highest BCUT2D eigenvalue weighted by atomic mass is 16.5. The minimum atomic E-state index is 0.616. The van der Waals surface area contributed by atoms with Crippen molar-refractivity contribution in [1.29, 1.82) is 0 Å². The molecule has 0 bridgehead atoms. The number of rotatable bonds is 5. The van der Waals surface area contributed by atoms with Crippen molar-refractivity contribution in [2.75, 3.05) is 12.0 Å². The molecule has 5 heteroatoms. The minimum absolute atomic E-state index is 0.616. The van der Waals surface area contributed by atoms with Crippen LogP contribution in [0.1, 0.15) is 18.1 Å². The van der Waals surface area contributed by atoms with Crippen LogP contribution < -0.4 is 10.2 Å². The molecule has 0 radical (unpaired) electrons. The maximum atomic E-state index is 5.56. The third-order valence-corrected chi connectivity index (χ3v) is 3.23. The predicted molar refractivity (Wildman–Crippen MR) is 89.7 cm³/mol. The fourth-order valence-corrected chi connectivity index (χ4v) is 2.21. The number of nitrogens with zero attached hydrogens (tertiary/aromatic N) is 2. The molecular formula is C17H18N4O. The van der Waals surface area contributed by atoms with Crippen molar-refractivity contribution >= 4 is 23.2 Å². The van der Waals surface area contributed by atoms with Crippen LogP contribution in [0.2, 0.25) is 0 Å². The molecule has 0 saturated heterocycles. The molecule has 0 aliphatic heterocycles. The number of aromatic amines is 1. The molecule has 0 saturated carbocycles. The molecule has 22 heavy (non-hydrogen) atoms. The number of hydrogen-bond acceptors (Lipinski definition) is 4. The summed E-state index contributed by atoms with van der Waals surface area (Å²) < 4.78 is 5.56. The standard InChI is InChI=1S/C17H18N4O/c1-3-22-16-7-5-4-6-13(16)11-18-21-17-19-14-9-8-12(2)10-15(14)20-17/h4-11H,3H2,1-2H3,(H2,19,20,21)/b18-11-. The van der Waals surface area contributed by atoms with E-state index in [2.05, 4.69) is 33.5 Å². The van der Waals surface area contributed by atoms with Crippen molar-refractivity contribution in [1.82, 2.24) is 9.97 Å². The van der Waals surface area contributed by atoms with Gasteiger partial charge in [-0.25, -0.2) is 10.4 Å². The monoisotopic (exact) mass is 294 g/mol. The molecule has 0 amide bonds. The quantitative estimate of drug-likeness (QED) is 0.557. The number of hydrogen-bond donors (Lipinski definition) is 2. The molecule has 1 aromatic heterocycles. The summed E-state index contributed by atoms with van der Waals surface area (Å²) in [6.45, 7) is 4.64. The van der Waals surface area contributed by atoms with Gasteiger partial charge in [-0.05, 0) is 43.7 Å². The lowest BCUT2D eigenvalue weighted by Crippen LogP contribution is -1.97. The summed E-state index contributed by atoms with van der Waals surface area (Å²) in [5.41, 5.74) is 6.94. The first-order valence-corrected chi connectivity index (χ1v) is 7.23. The van der Waals surface area contributed by atoms with E-state index in [1.54, 1.807) is 6.21 Å². The van der Waals surface area contributed by atoms with E-state index >= 15 is 0 Å². The maximum absolute atomic E-state index is 5.56. The Morgan fingerprint density at radius 1 is 1.27 bits per heavy atom. The van der Waals surface area contributed by atoms with Crippen molar-refractivity contribution in [3.05, 3.63) is 53.6 Å². The number of fused-ring (bicyclic) bond motifs is 1. The normalized spacial score (nSPS) is 11.2. The number of nitrogens with one attached hydrogen (secondary N) is 2. The molecule has 0 atom stereocenters. The van der Waals surface area contributed by atoms with E-state index in [0.717, 1.165) is 22.3 Å². The van der Waals surface area contributed by atoms with Crippen molar-refractivity contribution in [2.24, 2.45) is 5.10 Å². The van der Waals surface area contributed by atoms with E-state index in [1.165, 1.54) is 5.56 Å². The van der Waals surface area contributed by atoms with Crippen LogP contribution in [0.3, 0.4) is 0 Å².